The fourth-order valence-electron chi connectivity index (χ4n) is 8.00. The molecule has 0 spiro atoms. The molecule has 0 aliphatic rings. The molecule has 0 rings (SSSR count). The maximum atomic E-state index is 10.2. The maximum absolute atomic E-state index is 10.2. The van der Waals surface area contributed by atoms with Crippen molar-refractivity contribution in [1.82, 2.24) is 0 Å². The first-order valence-electron chi connectivity index (χ1n) is 28.2. The Morgan fingerprint density at radius 1 is 0.294 bits per heavy atom. The van der Waals surface area contributed by atoms with Crippen molar-refractivity contribution in [3.05, 3.63) is 0 Å². The molecule has 11 nitrogen and oxygen atoms in total. The van der Waals surface area contributed by atoms with Crippen LogP contribution in [-0.2, 0) is 27.4 Å². The molecule has 0 aromatic carbocycles. The van der Waals surface area contributed by atoms with Crippen molar-refractivity contribution >= 4 is 53.6 Å². The Balaban J connectivity index is -0.000000270. The Morgan fingerprint density at radius 3 is 0.500 bits per heavy atom. The van der Waals surface area contributed by atoms with E-state index in [0.717, 1.165) is 38.5 Å². The van der Waals surface area contributed by atoms with E-state index < -0.39 is 36.2 Å². The van der Waals surface area contributed by atoms with Gasteiger partial charge in [-0.3, -0.25) is 8.92 Å². The second-order valence-corrected chi connectivity index (χ2v) is 20.7. The van der Waals surface area contributed by atoms with Gasteiger partial charge in [-0.2, -0.15) is 0 Å². The maximum Gasteiger partial charge on any atom is 3.00 e. The molecule has 0 aliphatic heterocycles. The zero-order valence-electron chi connectivity index (χ0n) is 44.6. The van der Waals surface area contributed by atoms with E-state index in [-0.39, 0.29) is 36.6 Å². The summed E-state index contributed by atoms with van der Waals surface area (Å²) in [5, 5.41) is 30.7. The Morgan fingerprint density at radius 2 is 0.412 bits per heavy atom. The smallest absolute Gasteiger partial charge is 0.550 e. The summed E-state index contributed by atoms with van der Waals surface area (Å²) < 4.78 is 22.3. The summed E-state index contributed by atoms with van der Waals surface area (Å²) in [6.45, 7) is 6.80. The second-order valence-electron chi connectivity index (χ2n) is 18.8. The summed E-state index contributed by atoms with van der Waals surface area (Å²) in [7, 11) is -6.40. The van der Waals surface area contributed by atoms with Crippen LogP contribution in [0.1, 0.15) is 329 Å². The quantitative estimate of drug-likeness (QED) is 0.0433. The zero-order chi connectivity index (χ0) is 50.5. The van der Waals surface area contributed by atoms with Crippen molar-refractivity contribution in [1.29, 1.82) is 0 Å². The number of carboxylic acids is 3. The predicted octanol–water partition coefficient (Wildman–Crippen LogP) is 12.4. The number of unbranched alkanes of at least 4 members (excludes halogenated alkanes) is 42. The Kier molecular flexibility index (Phi) is 77.1. The third-order valence-corrected chi connectivity index (χ3v) is 13.5. The number of carbonyl (C=O) groups is 3. The molecular formula is C54H107AlO11Si2. The van der Waals surface area contributed by atoms with Gasteiger partial charge < -0.3 is 43.4 Å². The Hall–Kier alpha value is -1.62. The van der Waals surface area contributed by atoms with Gasteiger partial charge in [-0.05, 0) is 38.5 Å². The van der Waals surface area contributed by atoms with Crippen LogP contribution < -0.4 is 15.3 Å². The second kappa shape index (κ2) is 69.6. The molecule has 400 valence electrons. The van der Waals surface area contributed by atoms with E-state index in [4.69, 9.17) is 9.59 Å². The topological polar surface area (TPSA) is 204 Å². The van der Waals surface area contributed by atoms with Crippen LogP contribution in [0.15, 0.2) is 0 Å². The van der Waals surface area contributed by atoms with Crippen LogP contribution in [0.25, 0.3) is 0 Å². The average Bonchev–Trinajstić information content (AvgIpc) is 3.27. The first-order valence-corrected chi connectivity index (χ1v) is 30.7. The van der Waals surface area contributed by atoms with Crippen molar-refractivity contribution in [2.75, 3.05) is 0 Å². The summed E-state index contributed by atoms with van der Waals surface area (Å²) in [6.07, 6.45) is 59.6. The molecule has 0 aliphatic carbocycles. The first-order chi connectivity index (χ1) is 32.4. The van der Waals surface area contributed by atoms with E-state index in [2.05, 4.69) is 24.9 Å². The number of carbonyl (C=O) groups excluding carboxylic acids is 3. The zero-order valence-corrected chi connectivity index (χ0v) is 47.7. The SMILES string of the molecule is CCCCCCCCCCCCCCCCCC(=O)[O-].CCCCCCCCCCCCCCCCCC(=O)[O-].CCCCCCCCCCCCCCCCCC(=O)[O-].O=[Si](O)O[Si](=O)O.[Al+3]. The number of rotatable bonds is 50. The van der Waals surface area contributed by atoms with E-state index in [0.29, 0.717) is 0 Å². The molecule has 2 N–H and O–H groups in total. The van der Waals surface area contributed by atoms with Crippen molar-refractivity contribution in [2.24, 2.45) is 0 Å². The minimum absolute atomic E-state index is 0. The summed E-state index contributed by atoms with van der Waals surface area (Å²) in [4.78, 5) is 46.1. The summed E-state index contributed by atoms with van der Waals surface area (Å²) >= 11 is 0. The van der Waals surface area contributed by atoms with Crippen LogP contribution in [0.5, 0.6) is 0 Å². The fraction of sp³-hybridized carbons (Fsp3) is 0.944. The predicted molar refractivity (Wildman–Crippen MR) is 278 cm³/mol. The molecule has 0 saturated heterocycles. The van der Waals surface area contributed by atoms with Crippen LogP contribution in [-0.4, -0.2) is 63.2 Å². The molecule has 68 heavy (non-hydrogen) atoms. The monoisotopic (exact) mass is 1010 g/mol. The van der Waals surface area contributed by atoms with Crippen LogP contribution >= 0.6 is 0 Å². The van der Waals surface area contributed by atoms with Crippen molar-refractivity contribution in [3.8, 4) is 0 Å². The van der Waals surface area contributed by atoms with E-state index in [1.54, 1.807) is 0 Å². The van der Waals surface area contributed by atoms with Crippen LogP contribution in [0.3, 0.4) is 0 Å². The third-order valence-electron chi connectivity index (χ3n) is 12.1. The van der Waals surface area contributed by atoms with Crippen molar-refractivity contribution in [3.63, 3.8) is 0 Å². The van der Waals surface area contributed by atoms with Gasteiger partial charge >= 0.3 is 35.7 Å². The average molecular weight is 1020 g/mol. The molecule has 0 atom stereocenters. The van der Waals surface area contributed by atoms with Gasteiger partial charge in [0.2, 0.25) is 0 Å². The molecule has 0 saturated carbocycles. The van der Waals surface area contributed by atoms with Crippen molar-refractivity contribution in [2.45, 2.75) is 329 Å². The molecule has 0 bridgehead atoms. The molecule has 0 radical (unpaired) electrons. The van der Waals surface area contributed by atoms with E-state index in [1.807, 2.05) is 0 Å². The molecule has 0 aromatic rings. The van der Waals surface area contributed by atoms with Crippen molar-refractivity contribution < 1.29 is 52.3 Å². The normalized spacial score (nSPS) is 10.3. The summed E-state index contributed by atoms with van der Waals surface area (Å²) in [5.74, 6) is -2.71. The van der Waals surface area contributed by atoms with Gasteiger partial charge in [0, 0.05) is 17.9 Å². The van der Waals surface area contributed by atoms with Gasteiger partial charge in [0.1, 0.15) is 0 Å². The largest absolute Gasteiger partial charge is 3.00 e. The standard InChI is InChI=1S/3C18H36O2.Al.H2O5Si2/c3*1-2-3-4-5-6-7-8-9-10-11-12-13-14-15-16-17-18(19)20;;1-6(2)5-7(3)4/h3*2-17H2,1H3,(H,19,20);;1,3H/q;;;+3;/p-3. The summed E-state index contributed by atoms with van der Waals surface area (Å²) in [6, 6.07) is 0. The van der Waals surface area contributed by atoms with E-state index in [1.165, 1.54) is 250 Å². The number of aliphatic carboxylic acids is 3. The molecule has 0 fully saturated rings. The number of carboxylic acid groups (broad SMARTS) is 3. The van der Waals surface area contributed by atoms with Gasteiger partial charge in [0.15, 0.2) is 0 Å². The minimum Gasteiger partial charge on any atom is -0.550 e. The van der Waals surface area contributed by atoms with Gasteiger partial charge in [-0.25, -0.2) is 0 Å². The van der Waals surface area contributed by atoms with E-state index in [9.17, 15) is 38.6 Å². The Labute approximate surface area is 432 Å². The van der Waals surface area contributed by atoms with Crippen LogP contribution in [0.4, 0.5) is 0 Å². The van der Waals surface area contributed by atoms with Gasteiger partial charge in [0.25, 0.3) is 0 Å². The fourth-order valence-corrected chi connectivity index (χ4v) is 8.59. The third kappa shape index (κ3) is 90.8. The summed E-state index contributed by atoms with van der Waals surface area (Å²) in [5.41, 5.74) is 0. The van der Waals surface area contributed by atoms with Gasteiger partial charge in [-0.1, -0.05) is 290 Å². The first kappa shape index (κ1) is 75.3. The van der Waals surface area contributed by atoms with Crippen LogP contribution in [0, 0.1) is 0 Å². The number of hydrogen-bond acceptors (Lipinski definition) is 9. The van der Waals surface area contributed by atoms with Gasteiger partial charge in [0.05, 0.1) is 0 Å². The van der Waals surface area contributed by atoms with E-state index >= 15 is 0 Å². The molecule has 14 heteroatoms. The van der Waals surface area contributed by atoms with Crippen LogP contribution in [0.2, 0.25) is 0 Å². The molecular weight excluding hydrogens is 908 g/mol. The Bertz CT molecular complexity index is 923. The minimum atomic E-state index is -3.20. The molecule has 0 unspecified atom stereocenters. The van der Waals surface area contributed by atoms with Gasteiger partial charge in [-0.15, -0.1) is 0 Å². The molecule has 0 heterocycles. The molecule has 0 aromatic heterocycles. The molecule has 0 amide bonds. The number of hydrogen-bond donors (Lipinski definition) is 2.